The monoisotopic (exact) mass is 169 g/mol. The average molecular weight is 169 g/mol. The fraction of sp³-hybridized carbons (Fsp3) is 0.444. The lowest BCUT2D eigenvalue weighted by atomic mass is 10.1. The molecule has 1 heterocycles. The van der Waals surface area contributed by atoms with Gasteiger partial charge in [0.15, 0.2) is 11.6 Å². The van der Waals surface area contributed by atoms with Crippen LogP contribution in [0.2, 0.25) is 0 Å². The second kappa shape index (κ2) is 3.09. The molecule has 0 saturated heterocycles. The lowest BCUT2D eigenvalue weighted by Crippen LogP contribution is -1.97. The van der Waals surface area contributed by atoms with Crippen molar-refractivity contribution < 1.29 is 9.50 Å². The van der Waals surface area contributed by atoms with E-state index >= 15 is 0 Å². The van der Waals surface area contributed by atoms with Gasteiger partial charge in [0.2, 0.25) is 0 Å². The van der Waals surface area contributed by atoms with E-state index in [9.17, 15) is 9.50 Å². The first-order valence-corrected chi connectivity index (χ1v) is 3.88. The van der Waals surface area contributed by atoms with E-state index in [1.165, 1.54) is 6.20 Å². The molecule has 0 spiro atoms. The molecule has 1 N–H and O–H groups in total. The van der Waals surface area contributed by atoms with Crippen LogP contribution >= 0.6 is 0 Å². The molecule has 0 atom stereocenters. The maximum Gasteiger partial charge on any atom is 0.173 e. The van der Waals surface area contributed by atoms with E-state index in [1.807, 2.05) is 13.8 Å². The summed E-state index contributed by atoms with van der Waals surface area (Å²) >= 11 is 0. The van der Waals surface area contributed by atoms with Crippen LogP contribution in [0.3, 0.4) is 0 Å². The molecule has 0 aliphatic rings. The highest BCUT2D eigenvalue weighted by atomic mass is 19.1. The maximum absolute atomic E-state index is 13.1. The van der Waals surface area contributed by atoms with Crippen molar-refractivity contribution in [3.05, 3.63) is 23.3 Å². The molecule has 0 amide bonds. The molecule has 0 saturated carbocycles. The molecule has 1 aromatic heterocycles. The standard InChI is InChI=1S/C9H12FNO/c1-5(2)8-9(12)7(10)6(3)4-11-8/h4-5,12H,1-3H3. The Morgan fingerprint density at radius 2 is 2.08 bits per heavy atom. The smallest absolute Gasteiger partial charge is 0.173 e. The quantitative estimate of drug-likeness (QED) is 0.700. The van der Waals surface area contributed by atoms with Crippen LogP contribution in [0.4, 0.5) is 4.39 Å². The van der Waals surface area contributed by atoms with E-state index < -0.39 is 5.82 Å². The Morgan fingerprint density at radius 1 is 1.50 bits per heavy atom. The Labute approximate surface area is 71.1 Å². The molecule has 0 radical (unpaired) electrons. The zero-order chi connectivity index (χ0) is 9.30. The van der Waals surface area contributed by atoms with Crippen LogP contribution in [-0.4, -0.2) is 10.1 Å². The molecule has 12 heavy (non-hydrogen) atoms. The summed E-state index contributed by atoms with van der Waals surface area (Å²) in [5, 5.41) is 9.31. The maximum atomic E-state index is 13.1. The second-order valence-corrected chi connectivity index (χ2v) is 3.14. The molecule has 0 bridgehead atoms. The molecular formula is C9H12FNO. The van der Waals surface area contributed by atoms with Crippen molar-refractivity contribution >= 4 is 0 Å². The van der Waals surface area contributed by atoms with Gasteiger partial charge >= 0.3 is 0 Å². The molecule has 1 aromatic rings. The largest absolute Gasteiger partial charge is 0.504 e. The Bertz CT molecular complexity index is 297. The second-order valence-electron chi connectivity index (χ2n) is 3.14. The Balaban J connectivity index is 3.27. The number of aromatic hydroxyl groups is 1. The molecule has 0 aliphatic carbocycles. The van der Waals surface area contributed by atoms with Crippen LogP contribution in [0.15, 0.2) is 6.20 Å². The van der Waals surface area contributed by atoms with Crippen molar-refractivity contribution in [2.45, 2.75) is 26.7 Å². The van der Waals surface area contributed by atoms with Gasteiger partial charge in [0.1, 0.15) is 0 Å². The van der Waals surface area contributed by atoms with Gasteiger partial charge in [-0.3, -0.25) is 4.98 Å². The molecule has 1 rings (SSSR count). The zero-order valence-electron chi connectivity index (χ0n) is 7.43. The van der Waals surface area contributed by atoms with Gasteiger partial charge in [-0.25, -0.2) is 4.39 Å². The molecule has 0 unspecified atom stereocenters. The summed E-state index contributed by atoms with van der Waals surface area (Å²) in [7, 11) is 0. The minimum absolute atomic E-state index is 0.0418. The predicted molar refractivity (Wildman–Crippen MR) is 44.7 cm³/mol. The highest BCUT2D eigenvalue weighted by Crippen LogP contribution is 2.27. The number of aryl methyl sites for hydroxylation is 1. The van der Waals surface area contributed by atoms with Gasteiger partial charge in [-0.2, -0.15) is 0 Å². The molecule has 3 heteroatoms. The lowest BCUT2D eigenvalue weighted by Gasteiger charge is -2.08. The number of halogens is 1. The Hall–Kier alpha value is -1.12. The summed E-state index contributed by atoms with van der Waals surface area (Å²) in [6.45, 7) is 5.29. The third-order valence-corrected chi connectivity index (χ3v) is 1.74. The summed E-state index contributed by atoms with van der Waals surface area (Å²) in [6.07, 6.45) is 1.43. The third-order valence-electron chi connectivity index (χ3n) is 1.74. The first kappa shape index (κ1) is 8.97. The van der Waals surface area contributed by atoms with E-state index in [-0.39, 0.29) is 11.7 Å². The Morgan fingerprint density at radius 3 is 2.58 bits per heavy atom. The van der Waals surface area contributed by atoms with Gasteiger partial charge in [-0.1, -0.05) is 13.8 Å². The SMILES string of the molecule is Cc1cnc(C(C)C)c(O)c1F. The van der Waals surface area contributed by atoms with Crippen LogP contribution in [0.25, 0.3) is 0 Å². The van der Waals surface area contributed by atoms with Crippen LogP contribution in [0.5, 0.6) is 5.75 Å². The first-order valence-electron chi connectivity index (χ1n) is 3.88. The van der Waals surface area contributed by atoms with Crippen molar-refractivity contribution in [1.82, 2.24) is 4.98 Å². The van der Waals surface area contributed by atoms with Crippen LogP contribution < -0.4 is 0 Å². The summed E-state index contributed by atoms with van der Waals surface area (Å²) in [5.74, 6) is -0.834. The van der Waals surface area contributed by atoms with Crippen LogP contribution in [0, 0.1) is 12.7 Å². The van der Waals surface area contributed by atoms with E-state index in [1.54, 1.807) is 6.92 Å². The van der Waals surface area contributed by atoms with Crippen molar-refractivity contribution in [1.29, 1.82) is 0 Å². The summed E-state index contributed by atoms with van der Waals surface area (Å²) in [5.41, 5.74) is 0.787. The van der Waals surface area contributed by atoms with E-state index in [4.69, 9.17) is 0 Å². The van der Waals surface area contributed by atoms with Crippen LogP contribution in [0.1, 0.15) is 31.0 Å². The van der Waals surface area contributed by atoms with Crippen molar-refractivity contribution in [2.75, 3.05) is 0 Å². The number of nitrogens with zero attached hydrogens (tertiary/aromatic N) is 1. The fourth-order valence-corrected chi connectivity index (χ4v) is 1.01. The molecule has 0 aliphatic heterocycles. The summed E-state index contributed by atoms with van der Waals surface area (Å²) in [4.78, 5) is 3.95. The number of aromatic nitrogens is 1. The molecule has 0 aromatic carbocycles. The number of hydrogen-bond donors (Lipinski definition) is 1. The zero-order valence-corrected chi connectivity index (χ0v) is 7.43. The van der Waals surface area contributed by atoms with Gasteiger partial charge in [0.25, 0.3) is 0 Å². The predicted octanol–water partition coefficient (Wildman–Crippen LogP) is 2.36. The number of hydrogen-bond acceptors (Lipinski definition) is 2. The lowest BCUT2D eigenvalue weighted by molar-refractivity contribution is 0.416. The van der Waals surface area contributed by atoms with Gasteiger partial charge in [-0.15, -0.1) is 0 Å². The van der Waals surface area contributed by atoms with Crippen LogP contribution in [-0.2, 0) is 0 Å². The molecule has 2 nitrogen and oxygen atoms in total. The van der Waals surface area contributed by atoms with Crippen molar-refractivity contribution in [3.63, 3.8) is 0 Å². The summed E-state index contributed by atoms with van der Waals surface area (Å²) < 4.78 is 13.1. The van der Waals surface area contributed by atoms with Gasteiger partial charge in [0.05, 0.1) is 5.69 Å². The van der Waals surface area contributed by atoms with Gasteiger partial charge in [-0.05, 0) is 12.8 Å². The number of pyridine rings is 1. The molecular weight excluding hydrogens is 157 g/mol. The normalized spacial score (nSPS) is 10.8. The van der Waals surface area contributed by atoms with E-state index in [0.717, 1.165) is 0 Å². The van der Waals surface area contributed by atoms with E-state index in [0.29, 0.717) is 11.3 Å². The fourth-order valence-electron chi connectivity index (χ4n) is 1.01. The van der Waals surface area contributed by atoms with Gasteiger partial charge < -0.3 is 5.11 Å². The number of rotatable bonds is 1. The highest BCUT2D eigenvalue weighted by molar-refractivity contribution is 5.33. The summed E-state index contributed by atoms with van der Waals surface area (Å²) in [6, 6.07) is 0. The topological polar surface area (TPSA) is 33.1 Å². The van der Waals surface area contributed by atoms with Crippen molar-refractivity contribution in [3.8, 4) is 5.75 Å². The highest BCUT2D eigenvalue weighted by Gasteiger charge is 2.13. The Kier molecular flexibility index (Phi) is 2.31. The molecule has 0 fully saturated rings. The average Bonchev–Trinajstić information content (AvgIpc) is 2.00. The van der Waals surface area contributed by atoms with Gasteiger partial charge in [0, 0.05) is 11.8 Å². The first-order chi connectivity index (χ1) is 5.54. The van der Waals surface area contributed by atoms with E-state index in [2.05, 4.69) is 4.98 Å². The minimum Gasteiger partial charge on any atom is -0.504 e. The molecule has 66 valence electrons. The third kappa shape index (κ3) is 1.40. The van der Waals surface area contributed by atoms with Crippen molar-refractivity contribution in [2.24, 2.45) is 0 Å². The minimum atomic E-state index is -0.561.